The second kappa shape index (κ2) is 8.48. The van der Waals surface area contributed by atoms with Gasteiger partial charge in [-0.3, -0.25) is 10.2 Å². The zero-order valence-corrected chi connectivity index (χ0v) is 18.7. The van der Waals surface area contributed by atoms with E-state index in [-0.39, 0.29) is 35.7 Å². The molecular formula is C23H25FN6OS. The number of amidine groups is 1. The van der Waals surface area contributed by atoms with Crippen molar-refractivity contribution < 1.29 is 9.18 Å². The van der Waals surface area contributed by atoms with Gasteiger partial charge in [-0.2, -0.15) is 5.10 Å². The van der Waals surface area contributed by atoms with Crippen LogP contribution in [0.5, 0.6) is 0 Å². The Kier molecular flexibility index (Phi) is 5.52. The predicted octanol–water partition coefficient (Wildman–Crippen LogP) is 3.42. The SMILES string of the molecule is Cc1ccc(NC(=O)CSC2=NNC3C4CC(c5ccc(F)cc5)NN4C=CN23)cc1C. The Balaban J connectivity index is 1.18. The number of carbonyl (C=O) groups excluding carboxylic acids is 1. The van der Waals surface area contributed by atoms with E-state index in [4.69, 9.17) is 0 Å². The van der Waals surface area contributed by atoms with Crippen LogP contribution in [0, 0.1) is 19.7 Å². The molecule has 0 radical (unpaired) electrons. The first-order valence-electron chi connectivity index (χ1n) is 10.6. The number of benzene rings is 2. The molecule has 3 unspecified atom stereocenters. The molecule has 0 saturated carbocycles. The molecule has 3 aliphatic rings. The lowest BCUT2D eigenvalue weighted by atomic mass is 10.00. The molecule has 1 fully saturated rings. The van der Waals surface area contributed by atoms with Gasteiger partial charge < -0.3 is 15.2 Å². The van der Waals surface area contributed by atoms with Gasteiger partial charge in [-0.1, -0.05) is 30.0 Å². The highest BCUT2D eigenvalue weighted by Crippen LogP contribution is 2.35. The summed E-state index contributed by atoms with van der Waals surface area (Å²) in [6, 6.07) is 12.8. The molecule has 3 aliphatic heterocycles. The second-order valence-electron chi connectivity index (χ2n) is 8.25. The molecule has 9 heteroatoms. The molecule has 2 aromatic carbocycles. The van der Waals surface area contributed by atoms with Crippen LogP contribution in [-0.2, 0) is 4.79 Å². The normalized spacial score (nSPS) is 23.5. The number of rotatable bonds is 4. The van der Waals surface area contributed by atoms with Gasteiger partial charge >= 0.3 is 0 Å². The molecular weight excluding hydrogens is 427 g/mol. The van der Waals surface area contributed by atoms with Crippen molar-refractivity contribution in [3.05, 3.63) is 77.4 Å². The number of thioether (sulfide) groups is 1. The van der Waals surface area contributed by atoms with Crippen LogP contribution in [0.2, 0.25) is 0 Å². The van der Waals surface area contributed by atoms with E-state index in [0.717, 1.165) is 28.4 Å². The monoisotopic (exact) mass is 452 g/mol. The van der Waals surface area contributed by atoms with E-state index in [9.17, 15) is 9.18 Å². The number of hydrazine groups is 1. The summed E-state index contributed by atoms with van der Waals surface area (Å²) in [5, 5.41) is 10.3. The number of hydrogen-bond acceptors (Lipinski definition) is 7. The van der Waals surface area contributed by atoms with Gasteiger partial charge in [0.05, 0.1) is 17.8 Å². The zero-order valence-electron chi connectivity index (χ0n) is 17.9. The Morgan fingerprint density at radius 2 is 2.00 bits per heavy atom. The van der Waals surface area contributed by atoms with Crippen molar-refractivity contribution in [3.63, 3.8) is 0 Å². The molecule has 5 rings (SSSR count). The summed E-state index contributed by atoms with van der Waals surface area (Å²) in [4.78, 5) is 14.5. The van der Waals surface area contributed by atoms with Gasteiger partial charge in [0.25, 0.3) is 0 Å². The lowest BCUT2D eigenvalue weighted by Gasteiger charge is -2.36. The second-order valence-corrected chi connectivity index (χ2v) is 9.20. The number of fused-ring (bicyclic) bond motifs is 3. The fourth-order valence-electron chi connectivity index (χ4n) is 4.21. The number of carbonyl (C=O) groups is 1. The minimum absolute atomic E-state index is 0.0248. The Bertz CT molecular complexity index is 1090. The average molecular weight is 453 g/mol. The van der Waals surface area contributed by atoms with Crippen LogP contribution in [0.1, 0.15) is 29.2 Å². The van der Waals surface area contributed by atoms with Crippen molar-refractivity contribution in [1.29, 1.82) is 0 Å². The number of halogens is 1. The maximum Gasteiger partial charge on any atom is 0.234 e. The van der Waals surface area contributed by atoms with E-state index in [1.54, 1.807) is 0 Å². The molecule has 0 spiro atoms. The maximum atomic E-state index is 13.3. The highest BCUT2D eigenvalue weighted by molar-refractivity contribution is 8.14. The van der Waals surface area contributed by atoms with Gasteiger partial charge in [-0.25, -0.2) is 9.82 Å². The molecule has 1 amide bonds. The molecule has 3 atom stereocenters. The maximum absolute atomic E-state index is 13.3. The number of anilines is 1. The Labute approximate surface area is 190 Å². The molecule has 0 aromatic heterocycles. The summed E-state index contributed by atoms with van der Waals surface area (Å²) in [5.74, 6) is -0.0226. The van der Waals surface area contributed by atoms with Gasteiger partial charge in [0, 0.05) is 18.1 Å². The summed E-state index contributed by atoms with van der Waals surface area (Å²) >= 11 is 1.41. The summed E-state index contributed by atoms with van der Waals surface area (Å²) < 4.78 is 13.3. The highest BCUT2D eigenvalue weighted by atomic mass is 32.2. The lowest BCUT2D eigenvalue weighted by Crippen LogP contribution is -2.54. The molecule has 32 heavy (non-hydrogen) atoms. The van der Waals surface area contributed by atoms with Gasteiger partial charge in [-0.15, -0.1) is 0 Å². The number of hydrogen-bond donors (Lipinski definition) is 3. The van der Waals surface area contributed by atoms with Gasteiger partial charge in [0.1, 0.15) is 12.0 Å². The van der Waals surface area contributed by atoms with Crippen LogP contribution in [0.4, 0.5) is 10.1 Å². The van der Waals surface area contributed by atoms with E-state index in [1.807, 2.05) is 56.6 Å². The third-order valence-electron chi connectivity index (χ3n) is 6.10. The Hall–Kier alpha value is -3.04. The molecule has 2 aromatic rings. The molecule has 1 saturated heterocycles. The third-order valence-corrected chi connectivity index (χ3v) is 7.07. The minimum Gasteiger partial charge on any atom is -0.325 e. The molecule has 3 N–H and O–H groups in total. The fraction of sp³-hybridized carbons (Fsp3) is 0.304. The molecule has 0 aliphatic carbocycles. The summed E-state index contributed by atoms with van der Waals surface area (Å²) in [5.41, 5.74) is 10.9. The Morgan fingerprint density at radius 3 is 2.78 bits per heavy atom. The first-order valence-corrected chi connectivity index (χ1v) is 11.6. The molecule has 166 valence electrons. The van der Waals surface area contributed by atoms with E-state index in [2.05, 4.69) is 31.2 Å². The van der Waals surface area contributed by atoms with E-state index < -0.39 is 0 Å². The van der Waals surface area contributed by atoms with Gasteiger partial charge in [0.2, 0.25) is 5.91 Å². The van der Waals surface area contributed by atoms with Crippen molar-refractivity contribution in [2.24, 2.45) is 5.10 Å². The average Bonchev–Trinajstić information content (AvgIpc) is 3.39. The predicted molar refractivity (Wildman–Crippen MR) is 125 cm³/mol. The lowest BCUT2D eigenvalue weighted by molar-refractivity contribution is -0.113. The summed E-state index contributed by atoms with van der Waals surface area (Å²) in [7, 11) is 0. The standard InChI is InChI=1S/C23H25FN6OS/c1-14-3-8-18(11-15(14)2)25-21(31)13-32-23-27-26-22-20-12-19(16-4-6-17(24)7-5-16)28-30(20)10-9-29(22)23/h3-11,19-20,22,26,28H,12-13H2,1-2H3,(H,25,31). The molecule has 3 heterocycles. The quantitative estimate of drug-likeness (QED) is 0.660. The largest absolute Gasteiger partial charge is 0.325 e. The van der Waals surface area contributed by atoms with Crippen LogP contribution in [0.3, 0.4) is 0 Å². The van der Waals surface area contributed by atoms with E-state index in [1.165, 1.54) is 29.5 Å². The van der Waals surface area contributed by atoms with Gasteiger partial charge in [0.15, 0.2) is 5.17 Å². The number of amides is 1. The van der Waals surface area contributed by atoms with Crippen molar-refractivity contribution >= 4 is 28.5 Å². The highest BCUT2D eigenvalue weighted by Gasteiger charge is 2.44. The first kappa shape index (κ1) is 20.8. The topological polar surface area (TPSA) is 72.0 Å². The number of nitrogens with one attached hydrogen (secondary N) is 3. The smallest absolute Gasteiger partial charge is 0.234 e. The minimum atomic E-state index is -0.232. The van der Waals surface area contributed by atoms with Crippen LogP contribution in [0.25, 0.3) is 0 Å². The fourth-order valence-corrected chi connectivity index (χ4v) is 4.98. The van der Waals surface area contributed by atoms with Crippen molar-refractivity contribution in [1.82, 2.24) is 20.8 Å². The Morgan fingerprint density at radius 1 is 1.19 bits per heavy atom. The van der Waals surface area contributed by atoms with E-state index in [0.29, 0.717) is 0 Å². The van der Waals surface area contributed by atoms with Gasteiger partial charge in [-0.05, 0) is 61.2 Å². The first-order chi connectivity index (χ1) is 15.5. The zero-order chi connectivity index (χ0) is 22.2. The molecule has 7 nitrogen and oxygen atoms in total. The summed E-state index contributed by atoms with van der Waals surface area (Å²) in [6.45, 7) is 4.08. The van der Waals surface area contributed by atoms with Crippen LogP contribution < -0.4 is 16.2 Å². The molecule has 0 bridgehead atoms. The van der Waals surface area contributed by atoms with Crippen LogP contribution >= 0.6 is 11.8 Å². The third kappa shape index (κ3) is 4.05. The summed E-state index contributed by atoms with van der Waals surface area (Å²) in [6.07, 6.45) is 4.78. The number of aryl methyl sites for hydroxylation is 2. The van der Waals surface area contributed by atoms with Crippen molar-refractivity contribution in [2.75, 3.05) is 11.1 Å². The van der Waals surface area contributed by atoms with Crippen LogP contribution in [0.15, 0.2) is 60.0 Å². The van der Waals surface area contributed by atoms with Crippen LogP contribution in [-0.4, -0.2) is 38.9 Å². The number of hydrazone groups is 1. The van der Waals surface area contributed by atoms with Crippen molar-refractivity contribution in [3.8, 4) is 0 Å². The van der Waals surface area contributed by atoms with Crippen molar-refractivity contribution in [2.45, 2.75) is 38.5 Å². The van der Waals surface area contributed by atoms with E-state index >= 15 is 0 Å². The number of nitrogens with zero attached hydrogens (tertiary/aromatic N) is 3.